The minimum absolute atomic E-state index is 0.132. The van der Waals surface area contributed by atoms with E-state index in [0.29, 0.717) is 5.92 Å². The maximum absolute atomic E-state index is 10.2. The zero-order valence-electron chi connectivity index (χ0n) is 8.73. The smallest absolute Gasteiger partial charge is 0.220 e. The maximum Gasteiger partial charge on any atom is 0.220 e. The van der Waals surface area contributed by atoms with Crippen molar-refractivity contribution < 1.29 is 4.79 Å². The molecule has 1 amide bonds. The molecule has 1 aromatic carbocycles. The van der Waals surface area contributed by atoms with Gasteiger partial charge in [-0.25, -0.2) is 0 Å². The average Bonchev–Trinajstić information content (AvgIpc) is 2.85. The summed E-state index contributed by atoms with van der Waals surface area (Å²) in [4.78, 5) is 10.2. The molecule has 1 aliphatic rings. The van der Waals surface area contributed by atoms with Gasteiger partial charge in [-0.2, -0.15) is 0 Å². The van der Waals surface area contributed by atoms with Gasteiger partial charge in [-0.15, -0.1) is 0 Å². The molecule has 2 unspecified atom stereocenters. The van der Waals surface area contributed by atoms with Crippen molar-refractivity contribution in [1.82, 2.24) is 0 Å². The van der Waals surface area contributed by atoms with Gasteiger partial charge < -0.3 is 5.73 Å². The van der Waals surface area contributed by atoms with Crippen LogP contribution in [-0.2, 0) is 4.79 Å². The molecule has 0 saturated heterocycles. The van der Waals surface area contributed by atoms with Crippen LogP contribution >= 0.6 is 0 Å². The number of benzene rings is 1. The highest BCUT2D eigenvalue weighted by molar-refractivity contribution is 5.79. The van der Waals surface area contributed by atoms with Gasteiger partial charge in [-0.1, -0.05) is 42.8 Å². The van der Waals surface area contributed by atoms with Crippen LogP contribution in [0, 0.1) is 18.8 Å². The molecule has 1 fully saturated rings. The molecule has 2 heteroatoms. The maximum atomic E-state index is 10.2. The summed E-state index contributed by atoms with van der Waals surface area (Å²) in [6.45, 7) is 4.12. The van der Waals surface area contributed by atoms with Crippen LogP contribution in [0.3, 0.4) is 0 Å². The molecule has 0 aromatic heterocycles. The van der Waals surface area contributed by atoms with Crippen LogP contribution in [0.25, 0.3) is 0 Å². The van der Waals surface area contributed by atoms with Crippen molar-refractivity contribution >= 4 is 5.91 Å². The number of hydrogen-bond donors (Lipinski definition) is 1. The fourth-order valence-corrected chi connectivity index (χ4v) is 1.25. The van der Waals surface area contributed by atoms with Crippen molar-refractivity contribution in [3.05, 3.63) is 35.9 Å². The van der Waals surface area contributed by atoms with Crippen molar-refractivity contribution in [1.29, 1.82) is 0 Å². The van der Waals surface area contributed by atoms with E-state index in [4.69, 9.17) is 5.73 Å². The SMILES string of the molecule is CC1CC1C(N)=O.Cc1ccccc1. The molecule has 2 atom stereocenters. The van der Waals surface area contributed by atoms with E-state index in [1.807, 2.05) is 25.1 Å². The first-order chi connectivity index (χ1) is 6.61. The molecule has 0 radical (unpaired) electrons. The zero-order chi connectivity index (χ0) is 10.6. The standard InChI is InChI=1S/C7H8.C5H9NO/c1-7-5-3-2-4-6-7;1-3-2-4(3)5(6)7/h2-6H,1H3;3-4H,2H2,1H3,(H2,6,7). The second-order valence-corrected chi connectivity index (χ2v) is 3.88. The Hall–Kier alpha value is -1.31. The van der Waals surface area contributed by atoms with E-state index in [1.54, 1.807) is 0 Å². The van der Waals surface area contributed by atoms with E-state index in [0.717, 1.165) is 6.42 Å². The molecule has 1 aromatic rings. The molecule has 76 valence electrons. The molecule has 1 aliphatic carbocycles. The third kappa shape index (κ3) is 3.60. The van der Waals surface area contributed by atoms with E-state index < -0.39 is 0 Å². The van der Waals surface area contributed by atoms with Crippen LogP contribution in [0.4, 0.5) is 0 Å². The summed E-state index contributed by atoms with van der Waals surface area (Å²) in [5, 5.41) is 0. The Morgan fingerprint density at radius 2 is 1.86 bits per heavy atom. The summed E-state index contributed by atoms with van der Waals surface area (Å²) < 4.78 is 0. The summed E-state index contributed by atoms with van der Waals surface area (Å²) in [6.07, 6.45) is 1.01. The summed E-state index contributed by atoms with van der Waals surface area (Å²) in [7, 11) is 0. The van der Waals surface area contributed by atoms with E-state index in [2.05, 4.69) is 19.1 Å². The fourth-order valence-electron chi connectivity index (χ4n) is 1.25. The largest absolute Gasteiger partial charge is 0.369 e. The Balaban J connectivity index is 0.000000140. The highest BCUT2D eigenvalue weighted by atomic mass is 16.1. The first kappa shape index (κ1) is 10.8. The molecule has 14 heavy (non-hydrogen) atoms. The summed E-state index contributed by atoms with van der Waals surface area (Å²) in [6, 6.07) is 10.3. The van der Waals surface area contributed by atoms with Gasteiger partial charge >= 0.3 is 0 Å². The Morgan fingerprint density at radius 3 is 2.00 bits per heavy atom. The lowest BCUT2D eigenvalue weighted by molar-refractivity contribution is -0.119. The lowest BCUT2D eigenvalue weighted by atomic mass is 10.2. The Labute approximate surface area is 85.1 Å². The number of carbonyl (C=O) groups is 1. The van der Waals surface area contributed by atoms with Gasteiger partial charge in [0.2, 0.25) is 5.91 Å². The minimum Gasteiger partial charge on any atom is -0.369 e. The molecule has 2 N–H and O–H groups in total. The number of carbonyl (C=O) groups excluding carboxylic acids is 1. The van der Waals surface area contributed by atoms with E-state index in [9.17, 15) is 4.79 Å². The van der Waals surface area contributed by atoms with E-state index in [1.165, 1.54) is 5.56 Å². The van der Waals surface area contributed by atoms with Crippen LogP contribution < -0.4 is 5.73 Å². The summed E-state index contributed by atoms with van der Waals surface area (Å²) >= 11 is 0. The van der Waals surface area contributed by atoms with E-state index in [-0.39, 0.29) is 11.8 Å². The highest BCUT2D eigenvalue weighted by Crippen LogP contribution is 2.36. The molecule has 2 nitrogen and oxygen atoms in total. The van der Waals surface area contributed by atoms with Gasteiger partial charge in [0.15, 0.2) is 0 Å². The average molecular weight is 191 g/mol. The second-order valence-electron chi connectivity index (χ2n) is 3.88. The normalized spacial score (nSPS) is 23.3. The third-order valence-corrected chi connectivity index (χ3v) is 2.42. The molecule has 0 aliphatic heterocycles. The Bertz CT molecular complexity index is 294. The van der Waals surface area contributed by atoms with Gasteiger partial charge in [-0.05, 0) is 19.3 Å². The lowest BCUT2D eigenvalue weighted by Crippen LogP contribution is -2.13. The van der Waals surface area contributed by atoms with Crippen molar-refractivity contribution in [2.45, 2.75) is 20.3 Å². The molecular weight excluding hydrogens is 174 g/mol. The minimum atomic E-state index is -0.132. The van der Waals surface area contributed by atoms with E-state index >= 15 is 0 Å². The van der Waals surface area contributed by atoms with Crippen molar-refractivity contribution in [3.8, 4) is 0 Å². The number of amides is 1. The van der Waals surface area contributed by atoms with Crippen molar-refractivity contribution in [3.63, 3.8) is 0 Å². The number of aryl methyl sites for hydroxylation is 1. The monoisotopic (exact) mass is 191 g/mol. The van der Waals surface area contributed by atoms with Crippen LogP contribution in [-0.4, -0.2) is 5.91 Å². The molecule has 0 heterocycles. The van der Waals surface area contributed by atoms with Crippen LogP contribution in [0.15, 0.2) is 30.3 Å². The predicted octanol–water partition coefficient (Wildman–Crippen LogP) is 2.12. The number of primary amides is 1. The van der Waals surface area contributed by atoms with Crippen LogP contribution in [0.1, 0.15) is 18.9 Å². The van der Waals surface area contributed by atoms with Gasteiger partial charge in [0.25, 0.3) is 0 Å². The fraction of sp³-hybridized carbons (Fsp3) is 0.417. The molecule has 2 rings (SSSR count). The Morgan fingerprint density at radius 1 is 1.36 bits per heavy atom. The quantitative estimate of drug-likeness (QED) is 0.726. The summed E-state index contributed by atoms with van der Waals surface area (Å²) in [5.41, 5.74) is 6.27. The lowest BCUT2D eigenvalue weighted by Gasteiger charge is -1.82. The van der Waals surface area contributed by atoms with Crippen LogP contribution in [0.5, 0.6) is 0 Å². The summed E-state index contributed by atoms with van der Waals surface area (Å²) in [5.74, 6) is 0.644. The Kier molecular flexibility index (Phi) is 3.69. The molecule has 1 saturated carbocycles. The highest BCUT2D eigenvalue weighted by Gasteiger charge is 2.37. The number of nitrogens with two attached hydrogens (primary N) is 1. The third-order valence-electron chi connectivity index (χ3n) is 2.42. The van der Waals surface area contributed by atoms with Crippen LogP contribution in [0.2, 0.25) is 0 Å². The topological polar surface area (TPSA) is 43.1 Å². The number of hydrogen-bond acceptors (Lipinski definition) is 1. The first-order valence-electron chi connectivity index (χ1n) is 4.92. The van der Waals surface area contributed by atoms with Crippen molar-refractivity contribution in [2.24, 2.45) is 17.6 Å². The van der Waals surface area contributed by atoms with Crippen molar-refractivity contribution in [2.75, 3.05) is 0 Å². The number of rotatable bonds is 1. The predicted molar refractivity (Wildman–Crippen MR) is 57.6 cm³/mol. The van der Waals surface area contributed by atoms with Gasteiger partial charge in [0, 0.05) is 5.92 Å². The molecular formula is C12H17NO. The van der Waals surface area contributed by atoms with Gasteiger partial charge in [0.05, 0.1) is 0 Å². The second kappa shape index (κ2) is 4.80. The van der Waals surface area contributed by atoms with Gasteiger partial charge in [0.1, 0.15) is 0 Å². The zero-order valence-corrected chi connectivity index (χ0v) is 8.73. The first-order valence-corrected chi connectivity index (χ1v) is 4.92. The molecule has 0 bridgehead atoms. The molecule has 0 spiro atoms. The van der Waals surface area contributed by atoms with Gasteiger partial charge in [-0.3, -0.25) is 4.79 Å².